The molecule has 0 saturated carbocycles. The van der Waals surface area contributed by atoms with E-state index in [1.54, 1.807) is 22.7 Å². The van der Waals surface area contributed by atoms with Crippen LogP contribution in [0.3, 0.4) is 0 Å². The number of thiophene rings is 2. The smallest absolute Gasteiger partial charge is 0.166 e. The third-order valence-electron chi connectivity index (χ3n) is 9.43. The Kier molecular flexibility index (Phi) is 7.17. The van der Waals surface area contributed by atoms with Crippen molar-refractivity contribution in [2.45, 2.75) is 0 Å². The Hall–Kier alpha value is -6.59. The third-order valence-corrected chi connectivity index (χ3v) is 11.8. The maximum atomic E-state index is 10.2. The van der Waals surface area contributed by atoms with Crippen LogP contribution in [-0.2, 0) is 0 Å². The molecule has 4 heterocycles. The minimum atomic E-state index is 0.570. The van der Waals surface area contributed by atoms with Gasteiger partial charge in [0.15, 0.2) is 17.5 Å². The largest absolute Gasteiger partial charge is 0.262 e. The number of pyridine rings is 1. The molecule has 0 radical (unpaired) electrons. The molecule has 0 saturated heterocycles. The summed E-state index contributed by atoms with van der Waals surface area (Å²) < 4.78 is 4.67. The van der Waals surface area contributed by atoms with Gasteiger partial charge in [-0.2, -0.15) is 5.26 Å². The van der Waals surface area contributed by atoms with Crippen molar-refractivity contribution >= 4 is 63.0 Å². The normalized spacial score (nSPS) is 11.4. The summed E-state index contributed by atoms with van der Waals surface area (Å²) >= 11 is 3.50. The minimum Gasteiger partial charge on any atom is -0.262 e. The molecule has 5 nitrogen and oxygen atoms in total. The van der Waals surface area contributed by atoms with E-state index >= 15 is 0 Å². The van der Waals surface area contributed by atoms with Crippen molar-refractivity contribution in [3.8, 4) is 62.5 Å². The second-order valence-electron chi connectivity index (χ2n) is 12.6. The average molecular weight is 700 g/mol. The van der Waals surface area contributed by atoms with Gasteiger partial charge >= 0.3 is 0 Å². The summed E-state index contributed by atoms with van der Waals surface area (Å²) in [5.74, 6) is 1.79. The van der Waals surface area contributed by atoms with Gasteiger partial charge in [0.05, 0.1) is 16.3 Å². The second kappa shape index (κ2) is 12.3. The quantitative estimate of drug-likeness (QED) is 0.179. The van der Waals surface area contributed by atoms with Crippen molar-refractivity contribution in [3.63, 3.8) is 0 Å². The van der Waals surface area contributed by atoms with Gasteiger partial charge in [-0.3, -0.25) is 4.98 Å². The van der Waals surface area contributed by atoms with Crippen LogP contribution < -0.4 is 0 Å². The van der Waals surface area contributed by atoms with Crippen molar-refractivity contribution in [2.24, 2.45) is 0 Å². The van der Waals surface area contributed by atoms with Gasteiger partial charge in [-0.15, -0.1) is 22.7 Å². The first-order valence-corrected chi connectivity index (χ1v) is 18.5. The second-order valence-corrected chi connectivity index (χ2v) is 14.7. The monoisotopic (exact) mass is 699 g/mol. The summed E-state index contributed by atoms with van der Waals surface area (Å²) in [6.45, 7) is 0. The van der Waals surface area contributed by atoms with E-state index in [0.717, 1.165) is 59.1 Å². The van der Waals surface area contributed by atoms with Crippen molar-refractivity contribution in [2.75, 3.05) is 0 Å². The lowest BCUT2D eigenvalue weighted by molar-refractivity contribution is 1.07. The van der Waals surface area contributed by atoms with Crippen molar-refractivity contribution in [3.05, 3.63) is 157 Å². The fourth-order valence-electron chi connectivity index (χ4n) is 7.00. The number of rotatable bonds is 5. The summed E-state index contributed by atoms with van der Waals surface area (Å²) in [4.78, 5) is 19.6. The van der Waals surface area contributed by atoms with Crippen LogP contribution in [0.1, 0.15) is 5.56 Å². The molecule has 0 fully saturated rings. The number of fused-ring (bicyclic) bond motifs is 6. The fourth-order valence-corrected chi connectivity index (χ4v) is 9.31. The Labute approximate surface area is 306 Å². The van der Waals surface area contributed by atoms with Crippen LogP contribution in [0.5, 0.6) is 0 Å². The molecular formula is C45H25N5S2. The summed E-state index contributed by atoms with van der Waals surface area (Å²) in [6.07, 6.45) is 3.78. The molecule has 4 aromatic heterocycles. The Balaban J connectivity index is 1.16. The van der Waals surface area contributed by atoms with Gasteiger partial charge in [-0.1, -0.05) is 103 Å². The van der Waals surface area contributed by atoms with E-state index in [1.807, 2.05) is 85.2 Å². The first kappa shape index (κ1) is 30.3. The highest BCUT2D eigenvalue weighted by atomic mass is 32.1. The fraction of sp³-hybridized carbons (Fsp3) is 0. The molecule has 10 rings (SSSR count). The van der Waals surface area contributed by atoms with E-state index in [9.17, 15) is 5.26 Å². The highest BCUT2D eigenvalue weighted by Gasteiger charge is 2.19. The first-order chi connectivity index (χ1) is 25.7. The lowest BCUT2D eigenvalue weighted by Crippen LogP contribution is -2.00. The van der Waals surface area contributed by atoms with Crippen LogP contribution in [0.4, 0.5) is 0 Å². The lowest BCUT2D eigenvalue weighted by atomic mass is 9.94. The maximum Gasteiger partial charge on any atom is 0.166 e. The van der Waals surface area contributed by atoms with Gasteiger partial charge in [-0.25, -0.2) is 15.0 Å². The van der Waals surface area contributed by atoms with Crippen LogP contribution >= 0.6 is 22.7 Å². The molecule has 0 aliphatic carbocycles. The molecule has 0 amide bonds. The van der Waals surface area contributed by atoms with E-state index in [-0.39, 0.29) is 0 Å². The van der Waals surface area contributed by atoms with Crippen molar-refractivity contribution in [1.82, 2.24) is 19.9 Å². The van der Waals surface area contributed by atoms with E-state index in [4.69, 9.17) is 15.0 Å². The topological polar surface area (TPSA) is 75.3 Å². The predicted octanol–water partition coefficient (Wildman–Crippen LogP) is 12.2. The number of hydrogen-bond donors (Lipinski definition) is 0. The minimum absolute atomic E-state index is 0.570. The summed E-state index contributed by atoms with van der Waals surface area (Å²) in [7, 11) is 0. The molecule has 0 unspecified atom stereocenters. The summed E-state index contributed by atoms with van der Waals surface area (Å²) in [6, 6.07) is 50.2. The molecule has 6 aromatic carbocycles. The van der Waals surface area contributed by atoms with Crippen molar-refractivity contribution in [1.29, 1.82) is 5.26 Å². The van der Waals surface area contributed by atoms with E-state index < -0.39 is 0 Å². The molecule has 0 spiro atoms. The van der Waals surface area contributed by atoms with Gasteiger partial charge in [0.2, 0.25) is 0 Å². The molecule has 0 bridgehead atoms. The maximum absolute atomic E-state index is 10.2. The molecule has 7 heteroatoms. The standard InChI is InChI=1S/C45H25N5S2/c46-24-27-20-31(22-32(21-27)33-15-9-16-35-34-14-7-8-17-38(34)52-42(33)35)30-18-19-39-36(23-30)41-37(25-47-26-40(41)51-39)45-49-43(28-10-3-1-4-11-28)48-44(50-45)29-12-5-2-6-13-29/h1-23,25-26H. The van der Waals surface area contributed by atoms with E-state index in [2.05, 4.69) is 77.8 Å². The number of benzene rings is 6. The van der Waals surface area contributed by atoms with E-state index in [0.29, 0.717) is 23.0 Å². The van der Waals surface area contributed by atoms with Crippen molar-refractivity contribution < 1.29 is 0 Å². The lowest BCUT2D eigenvalue weighted by Gasteiger charge is -2.10. The summed E-state index contributed by atoms with van der Waals surface area (Å²) in [5.41, 5.74) is 7.48. The predicted molar refractivity (Wildman–Crippen MR) is 215 cm³/mol. The zero-order valence-electron chi connectivity index (χ0n) is 27.5. The van der Waals surface area contributed by atoms with Crippen LogP contribution in [0, 0.1) is 11.3 Å². The zero-order chi connectivity index (χ0) is 34.6. The Morgan fingerprint density at radius 2 is 1.12 bits per heavy atom. The van der Waals surface area contributed by atoms with Crippen LogP contribution in [0.2, 0.25) is 0 Å². The molecule has 0 aliphatic rings. The SMILES string of the molecule is N#Cc1cc(-c2ccc3sc4cncc(-c5nc(-c6ccccc6)nc(-c6ccccc6)n5)c4c3c2)cc(-c2cccc3c2sc2ccccc23)c1. The highest BCUT2D eigenvalue weighted by Crippen LogP contribution is 2.43. The number of nitrogens with zero attached hydrogens (tertiary/aromatic N) is 5. The Morgan fingerprint density at radius 1 is 0.442 bits per heavy atom. The highest BCUT2D eigenvalue weighted by molar-refractivity contribution is 7.26. The van der Waals surface area contributed by atoms with Gasteiger partial charge in [-0.05, 0) is 58.7 Å². The van der Waals surface area contributed by atoms with Crippen LogP contribution in [0.25, 0.3) is 96.8 Å². The molecular weight excluding hydrogens is 675 g/mol. The van der Waals surface area contributed by atoms with Crippen LogP contribution in [-0.4, -0.2) is 19.9 Å². The average Bonchev–Trinajstić information content (AvgIpc) is 3.79. The van der Waals surface area contributed by atoms with Gasteiger partial charge in [0, 0.05) is 64.7 Å². The Morgan fingerprint density at radius 3 is 1.88 bits per heavy atom. The van der Waals surface area contributed by atoms with Gasteiger partial charge < -0.3 is 0 Å². The molecule has 0 N–H and O–H groups in total. The molecule has 0 aliphatic heterocycles. The van der Waals surface area contributed by atoms with E-state index in [1.165, 1.54) is 20.2 Å². The third kappa shape index (κ3) is 5.13. The molecule has 52 heavy (non-hydrogen) atoms. The molecule has 10 aromatic rings. The number of aromatic nitrogens is 4. The van der Waals surface area contributed by atoms with Gasteiger partial charge in [0.25, 0.3) is 0 Å². The molecule has 0 atom stereocenters. The van der Waals surface area contributed by atoms with Gasteiger partial charge in [0.1, 0.15) is 0 Å². The first-order valence-electron chi connectivity index (χ1n) is 16.8. The number of hydrogen-bond acceptors (Lipinski definition) is 7. The number of nitriles is 1. The zero-order valence-corrected chi connectivity index (χ0v) is 29.1. The summed E-state index contributed by atoms with van der Waals surface area (Å²) in [5, 5.41) is 14.8. The Bertz CT molecular complexity index is 2970. The van der Waals surface area contributed by atoms with Crippen LogP contribution in [0.15, 0.2) is 152 Å². The molecule has 242 valence electrons.